The van der Waals surface area contributed by atoms with E-state index in [2.05, 4.69) is 4.98 Å². The number of amides is 1. The van der Waals surface area contributed by atoms with Gasteiger partial charge in [0.05, 0.1) is 5.56 Å². The van der Waals surface area contributed by atoms with E-state index >= 15 is 0 Å². The molecule has 0 saturated carbocycles. The Labute approximate surface area is 109 Å². The van der Waals surface area contributed by atoms with E-state index in [1.54, 1.807) is 0 Å². The number of nitrogens with two attached hydrogens (primary N) is 2. The van der Waals surface area contributed by atoms with Gasteiger partial charge in [-0.1, -0.05) is 0 Å². The summed E-state index contributed by atoms with van der Waals surface area (Å²) in [6.07, 6.45) is -4.52. The summed E-state index contributed by atoms with van der Waals surface area (Å²) < 4.78 is 37.4. The molecule has 0 bridgehead atoms. The van der Waals surface area contributed by atoms with Crippen molar-refractivity contribution in [2.24, 2.45) is 5.73 Å². The van der Waals surface area contributed by atoms with Crippen LogP contribution < -0.4 is 11.5 Å². The first-order chi connectivity index (χ1) is 8.79. The van der Waals surface area contributed by atoms with E-state index < -0.39 is 17.8 Å². The molecule has 0 atom stereocenters. The molecular weight excluding hydrogens is 279 g/mol. The number of rotatable bonds is 2. The molecule has 4 nitrogen and oxygen atoms in total. The van der Waals surface area contributed by atoms with E-state index in [-0.39, 0.29) is 16.1 Å². The minimum Gasteiger partial charge on any atom is -0.399 e. The van der Waals surface area contributed by atoms with Crippen molar-refractivity contribution in [3.05, 3.63) is 34.8 Å². The predicted octanol–water partition coefficient (Wildman–Crippen LogP) is 2.51. The number of nitrogen functional groups attached to an aromatic ring is 1. The molecule has 4 N–H and O–H groups in total. The van der Waals surface area contributed by atoms with E-state index in [1.807, 2.05) is 0 Å². The molecule has 1 amide bonds. The van der Waals surface area contributed by atoms with Crippen molar-refractivity contribution in [1.29, 1.82) is 0 Å². The zero-order valence-electron chi connectivity index (χ0n) is 9.36. The molecule has 0 unspecified atom stereocenters. The van der Waals surface area contributed by atoms with E-state index in [1.165, 1.54) is 18.2 Å². The fourth-order valence-electron chi connectivity index (χ4n) is 1.48. The second kappa shape index (κ2) is 4.54. The average molecular weight is 287 g/mol. The highest BCUT2D eigenvalue weighted by molar-refractivity contribution is 7.13. The van der Waals surface area contributed by atoms with Crippen molar-refractivity contribution in [3.8, 4) is 10.6 Å². The summed E-state index contributed by atoms with van der Waals surface area (Å²) in [5, 5.41) is 0.956. The van der Waals surface area contributed by atoms with Gasteiger partial charge in [0.2, 0.25) is 5.91 Å². The summed E-state index contributed by atoms with van der Waals surface area (Å²) in [7, 11) is 0. The Kier molecular flexibility index (Phi) is 3.19. The molecule has 1 heterocycles. The normalized spacial score (nSPS) is 11.5. The molecule has 0 saturated heterocycles. The molecule has 0 radical (unpaired) electrons. The highest BCUT2D eigenvalue weighted by Crippen LogP contribution is 2.34. The lowest BCUT2D eigenvalue weighted by Crippen LogP contribution is -2.13. The Balaban J connectivity index is 2.53. The van der Waals surface area contributed by atoms with E-state index in [0.717, 1.165) is 16.7 Å². The fraction of sp³-hybridized carbons (Fsp3) is 0.0909. The molecule has 100 valence electrons. The lowest BCUT2D eigenvalue weighted by Gasteiger charge is -2.05. The van der Waals surface area contributed by atoms with Crippen LogP contribution in [0.1, 0.15) is 16.1 Å². The zero-order chi connectivity index (χ0) is 14.2. The van der Waals surface area contributed by atoms with Gasteiger partial charge in [0.1, 0.15) is 5.01 Å². The van der Waals surface area contributed by atoms with Crippen LogP contribution in [0.4, 0.5) is 18.9 Å². The average Bonchev–Trinajstić information content (AvgIpc) is 2.77. The number of nitrogens with zero attached hydrogens (tertiary/aromatic N) is 1. The summed E-state index contributed by atoms with van der Waals surface area (Å²) in [5.41, 5.74) is 10.3. The number of hydrogen-bond donors (Lipinski definition) is 2. The SMILES string of the molecule is NC(=O)c1cc(N)ccc1-c1nc(C(F)(F)F)cs1. The quantitative estimate of drug-likeness (QED) is 0.833. The summed E-state index contributed by atoms with van der Waals surface area (Å²) in [6, 6.07) is 4.21. The molecule has 0 aliphatic heterocycles. The molecular formula is C11H8F3N3OS. The highest BCUT2D eigenvalue weighted by atomic mass is 32.1. The second-order valence-electron chi connectivity index (χ2n) is 3.70. The van der Waals surface area contributed by atoms with Gasteiger partial charge in [-0.2, -0.15) is 13.2 Å². The van der Waals surface area contributed by atoms with Crippen molar-refractivity contribution in [1.82, 2.24) is 4.98 Å². The number of anilines is 1. The Morgan fingerprint density at radius 2 is 2.00 bits per heavy atom. The fourth-order valence-corrected chi connectivity index (χ4v) is 2.35. The maximum absolute atomic E-state index is 12.5. The van der Waals surface area contributed by atoms with Crippen LogP contribution in [0.15, 0.2) is 23.6 Å². The molecule has 0 aliphatic carbocycles. The van der Waals surface area contributed by atoms with Crippen molar-refractivity contribution < 1.29 is 18.0 Å². The zero-order valence-corrected chi connectivity index (χ0v) is 10.2. The third-order valence-electron chi connectivity index (χ3n) is 2.33. The highest BCUT2D eigenvalue weighted by Gasteiger charge is 2.34. The van der Waals surface area contributed by atoms with Crippen molar-refractivity contribution >= 4 is 22.9 Å². The number of primary amides is 1. The molecule has 19 heavy (non-hydrogen) atoms. The van der Waals surface area contributed by atoms with Crippen LogP contribution in [-0.2, 0) is 6.18 Å². The van der Waals surface area contributed by atoms with Crippen LogP contribution >= 0.6 is 11.3 Å². The maximum atomic E-state index is 12.5. The van der Waals surface area contributed by atoms with Crippen LogP contribution in [0.3, 0.4) is 0 Å². The van der Waals surface area contributed by atoms with Gasteiger partial charge in [-0.25, -0.2) is 4.98 Å². The lowest BCUT2D eigenvalue weighted by molar-refractivity contribution is -0.140. The van der Waals surface area contributed by atoms with Gasteiger partial charge in [0.15, 0.2) is 5.69 Å². The van der Waals surface area contributed by atoms with Crippen molar-refractivity contribution in [2.75, 3.05) is 5.73 Å². The molecule has 1 aromatic carbocycles. The first-order valence-corrected chi connectivity index (χ1v) is 5.89. The number of aromatic nitrogens is 1. The predicted molar refractivity (Wildman–Crippen MR) is 65.5 cm³/mol. The number of halogens is 3. The van der Waals surface area contributed by atoms with Crippen LogP contribution in [0.25, 0.3) is 10.6 Å². The van der Waals surface area contributed by atoms with E-state index in [4.69, 9.17) is 11.5 Å². The number of alkyl halides is 3. The maximum Gasteiger partial charge on any atom is 0.434 e. The Morgan fingerprint density at radius 3 is 2.53 bits per heavy atom. The Bertz CT molecular complexity index is 636. The van der Waals surface area contributed by atoms with Crippen molar-refractivity contribution in [3.63, 3.8) is 0 Å². The topological polar surface area (TPSA) is 82.0 Å². The molecule has 8 heteroatoms. The minimum absolute atomic E-state index is 0.0445. The monoisotopic (exact) mass is 287 g/mol. The van der Waals surface area contributed by atoms with Gasteiger partial charge >= 0.3 is 6.18 Å². The summed E-state index contributed by atoms with van der Waals surface area (Å²) in [6.45, 7) is 0. The Morgan fingerprint density at radius 1 is 1.32 bits per heavy atom. The number of hydrogen-bond acceptors (Lipinski definition) is 4. The Hall–Kier alpha value is -2.09. The van der Waals surface area contributed by atoms with E-state index in [9.17, 15) is 18.0 Å². The molecule has 0 fully saturated rings. The molecule has 2 aromatic rings. The first-order valence-electron chi connectivity index (χ1n) is 5.01. The van der Waals surface area contributed by atoms with Crippen LogP contribution in [0.2, 0.25) is 0 Å². The van der Waals surface area contributed by atoms with Crippen molar-refractivity contribution in [2.45, 2.75) is 6.18 Å². The summed E-state index contributed by atoms with van der Waals surface area (Å²) >= 11 is 0.787. The van der Waals surface area contributed by atoms with Gasteiger partial charge in [0.25, 0.3) is 0 Å². The number of carbonyl (C=O) groups excluding carboxylic acids is 1. The number of thiazole rings is 1. The van der Waals surface area contributed by atoms with Crippen LogP contribution in [0, 0.1) is 0 Å². The van der Waals surface area contributed by atoms with Crippen LogP contribution in [-0.4, -0.2) is 10.9 Å². The minimum atomic E-state index is -4.52. The first kappa shape index (κ1) is 13.3. The third-order valence-corrected chi connectivity index (χ3v) is 3.21. The number of benzene rings is 1. The van der Waals surface area contributed by atoms with Gasteiger partial charge in [-0.05, 0) is 18.2 Å². The molecule has 1 aromatic heterocycles. The molecule has 2 rings (SSSR count). The molecule has 0 aliphatic rings. The molecule has 0 spiro atoms. The largest absolute Gasteiger partial charge is 0.434 e. The van der Waals surface area contributed by atoms with Gasteiger partial charge < -0.3 is 11.5 Å². The van der Waals surface area contributed by atoms with Gasteiger partial charge in [0, 0.05) is 16.6 Å². The number of carbonyl (C=O) groups is 1. The second-order valence-corrected chi connectivity index (χ2v) is 4.56. The third kappa shape index (κ3) is 2.68. The summed E-state index contributed by atoms with van der Waals surface area (Å²) in [5.74, 6) is -0.772. The smallest absolute Gasteiger partial charge is 0.399 e. The lowest BCUT2D eigenvalue weighted by atomic mass is 10.1. The standard InChI is InChI=1S/C11H8F3N3OS/c12-11(13,14)8-4-19-10(17-8)6-2-1-5(15)3-7(6)9(16)18/h1-4H,15H2,(H2,16,18). The summed E-state index contributed by atoms with van der Waals surface area (Å²) in [4.78, 5) is 14.7. The van der Waals surface area contributed by atoms with E-state index in [0.29, 0.717) is 5.69 Å². The van der Waals surface area contributed by atoms with Crippen LogP contribution in [0.5, 0.6) is 0 Å². The van der Waals surface area contributed by atoms with Gasteiger partial charge in [-0.3, -0.25) is 4.79 Å². The van der Waals surface area contributed by atoms with Gasteiger partial charge in [-0.15, -0.1) is 11.3 Å².